The van der Waals surface area contributed by atoms with E-state index in [1.165, 1.54) is 0 Å². The second-order valence-corrected chi connectivity index (χ2v) is 5.37. The molecular formula is C20H18N2O3. The molecule has 2 aromatic carbocycles. The summed E-state index contributed by atoms with van der Waals surface area (Å²) in [5, 5.41) is 2.78. The average molecular weight is 334 g/mol. The number of hydrogen-bond acceptors (Lipinski definition) is 4. The van der Waals surface area contributed by atoms with Gasteiger partial charge in [0.2, 0.25) is 0 Å². The Balaban J connectivity index is 1.56. The van der Waals surface area contributed by atoms with Gasteiger partial charge in [-0.3, -0.25) is 9.78 Å². The van der Waals surface area contributed by atoms with Crippen molar-refractivity contribution < 1.29 is 14.3 Å². The highest BCUT2D eigenvalue weighted by Crippen LogP contribution is 2.24. The van der Waals surface area contributed by atoms with Gasteiger partial charge in [-0.1, -0.05) is 18.2 Å². The SMILES string of the molecule is CC(Oc1ccc(Oc2ccccc2)cc1)C(=O)Nc1ccncc1. The third kappa shape index (κ3) is 4.81. The highest BCUT2D eigenvalue weighted by molar-refractivity contribution is 5.94. The van der Waals surface area contributed by atoms with E-state index in [-0.39, 0.29) is 5.91 Å². The molecule has 1 unspecified atom stereocenters. The summed E-state index contributed by atoms with van der Waals surface area (Å²) >= 11 is 0. The number of amides is 1. The fourth-order valence-electron chi connectivity index (χ4n) is 2.15. The molecule has 5 heteroatoms. The molecule has 0 spiro atoms. The molecule has 0 fully saturated rings. The largest absolute Gasteiger partial charge is 0.481 e. The minimum absolute atomic E-state index is 0.226. The van der Waals surface area contributed by atoms with Crippen LogP contribution in [0.4, 0.5) is 5.69 Å². The second-order valence-electron chi connectivity index (χ2n) is 5.37. The minimum atomic E-state index is -0.631. The highest BCUT2D eigenvalue weighted by atomic mass is 16.5. The molecule has 3 rings (SSSR count). The van der Waals surface area contributed by atoms with E-state index >= 15 is 0 Å². The Morgan fingerprint density at radius 1 is 0.880 bits per heavy atom. The van der Waals surface area contributed by atoms with E-state index in [1.807, 2.05) is 30.3 Å². The lowest BCUT2D eigenvalue weighted by atomic mass is 10.3. The van der Waals surface area contributed by atoms with Crippen LogP contribution in [0, 0.1) is 0 Å². The number of carbonyl (C=O) groups excluding carboxylic acids is 1. The molecule has 0 aliphatic carbocycles. The van der Waals surface area contributed by atoms with E-state index in [1.54, 1.807) is 55.7 Å². The third-order valence-electron chi connectivity index (χ3n) is 3.43. The van der Waals surface area contributed by atoms with Crippen LogP contribution in [0.1, 0.15) is 6.92 Å². The van der Waals surface area contributed by atoms with Crippen LogP contribution in [0.25, 0.3) is 0 Å². The molecule has 0 saturated carbocycles. The molecule has 0 radical (unpaired) electrons. The van der Waals surface area contributed by atoms with Crippen molar-refractivity contribution in [2.75, 3.05) is 5.32 Å². The first-order valence-corrected chi connectivity index (χ1v) is 7.91. The number of nitrogens with zero attached hydrogens (tertiary/aromatic N) is 1. The van der Waals surface area contributed by atoms with Crippen LogP contribution in [0.2, 0.25) is 0 Å². The number of rotatable bonds is 6. The molecular weight excluding hydrogens is 316 g/mol. The molecule has 126 valence electrons. The Hall–Kier alpha value is -3.34. The van der Waals surface area contributed by atoms with Gasteiger partial charge in [-0.05, 0) is 55.5 Å². The van der Waals surface area contributed by atoms with Crippen LogP contribution in [0.15, 0.2) is 79.1 Å². The van der Waals surface area contributed by atoms with E-state index < -0.39 is 6.10 Å². The lowest BCUT2D eigenvalue weighted by molar-refractivity contribution is -0.122. The summed E-state index contributed by atoms with van der Waals surface area (Å²) < 4.78 is 11.4. The van der Waals surface area contributed by atoms with Gasteiger partial charge in [0.15, 0.2) is 6.10 Å². The molecule has 1 atom stereocenters. The Bertz CT molecular complexity index is 805. The van der Waals surface area contributed by atoms with Crippen LogP contribution < -0.4 is 14.8 Å². The van der Waals surface area contributed by atoms with Gasteiger partial charge in [0.1, 0.15) is 17.2 Å². The summed E-state index contributed by atoms with van der Waals surface area (Å²) in [7, 11) is 0. The first kappa shape index (κ1) is 16.5. The molecule has 3 aromatic rings. The Kier molecular flexibility index (Phi) is 5.26. The maximum Gasteiger partial charge on any atom is 0.265 e. The molecule has 1 N–H and O–H groups in total. The summed E-state index contributed by atoms with van der Waals surface area (Å²) in [6.07, 6.45) is 2.60. The van der Waals surface area contributed by atoms with E-state index in [9.17, 15) is 4.79 Å². The summed E-state index contributed by atoms with van der Waals surface area (Å²) in [4.78, 5) is 16.1. The normalized spacial score (nSPS) is 11.4. The number of nitrogens with one attached hydrogen (secondary N) is 1. The standard InChI is InChI=1S/C20H18N2O3/c1-15(20(23)22-16-11-13-21-14-12-16)24-18-7-9-19(10-8-18)25-17-5-3-2-4-6-17/h2-15H,1H3,(H,21,22,23). The molecule has 1 amide bonds. The van der Waals surface area contributed by atoms with Crippen molar-refractivity contribution in [2.45, 2.75) is 13.0 Å². The summed E-state index contributed by atoms with van der Waals surface area (Å²) in [6.45, 7) is 1.70. The van der Waals surface area contributed by atoms with Crippen LogP contribution in [-0.4, -0.2) is 17.0 Å². The van der Waals surface area contributed by atoms with Crippen LogP contribution in [0.5, 0.6) is 17.2 Å². The molecule has 0 aliphatic heterocycles. The Morgan fingerprint density at radius 3 is 2.16 bits per heavy atom. The lowest BCUT2D eigenvalue weighted by Gasteiger charge is -2.15. The van der Waals surface area contributed by atoms with Gasteiger partial charge in [0, 0.05) is 18.1 Å². The van der Waals surface area contributed by atoms with E-state index in [0.29, 0.717) is 17.2 Å². The molecule has 0 saturated heterocycles. The van der Waals surface area contributed by atoms with Crippen LogP contribution in [-0.2, 0) is 4.79 Å². The van der Waals surface area contributed by atoms with Crippen molar-refractivity contribution in [1.29, 1.82) is 0 Å². The molecule has 1 aromatic heterocycles. The van der Waals surface area contributed by atoms with Crippen LogP contribution >= 0.6 is 0 Å². The quantitative estimate of drug-likeness (QED) is 0.731. The topological polar surface area (TPSA) is 60.5 Å². The van der Waals surface area contributed by atoms with Crippen molar-refractivity contribution >= 4 is 11.6 Å². The third-order valence-corrected chi connectivity index (χ3v) is 3.43. The van der Waals surface area contributed by atoms with Gasteiger partial charge < -0.3 is 14.8 Å². The summed E-state index contributed by atoms with van der Waals surface area (Å²) in [6, 6.07) is 20.1. The average Bonchev–Trinajstić information content (AvgIpc) is 2.65. The Morgan fingerprint density at radius 2 is 1.48 bits per heavy atom. The van der Waals surface area contributed by atoms with E-state index in [2.05, 4.69) is 10.3 Å². The van der Waals surface area contributed by atoms with Crippen molar-refractivity contribution in [2.24, 2.45) is 0 Å². The summed E-state index contributed by atoms with van der Waals surface area (Å²) in [5.41, 5.74) is 0.682. The fourth-order valence-corrected chi connectivity index (χ4v) is 2.15. The molecule has 1 heterocycles. The van der Waals surface area contributed by atoms with Crippen molar-refractivity contribution in [3.8, 4) is 17.2 Å². The molecule has 0 aliphatic rings. The van der Waals surface area contributed by atoms with Crippen molar-refractivity contribution in [3.05, 3.63) is 79.1 Å². The lowest BCUT2D eigenvalue weighted by Crippen LogP contribution is -2.30. The number of aromatic nitrogens is 1. The zero-order valence-corrected chi connectivity index (χ0v) is 13.8. The number of para-hydroxylation sites is 1. The monoisotopic (exact) mass is 334 g/mol. The van der Waals surface area contributed by atoms with Crippen LogP contribution in [0.3, 0.4) is 0 Å². The smallest absolute Gasteiger partial charge is 0.265 e. The van der Waals surface area contributed by atoms with E-state index in [4.69, 9.17) is 9.47 Å². The number of benzene rings is 2. The number of hydrogen-bond donors (Lipinski definition) is 1. The predicted molar refractivity (Wildman–Crippen MR) is 95.9 cm³/mol. The maximum absolute atomic E-state index is 12.1. The van der Waals surface area contributed by atoms with E-state index in [0.717, 1.165) is 5.75 Å². The molecule has 25 heavy (non-hydrogen) atoms. The highest BCUT2D eigenvalue weighted by Gasteiger charge is 2.14. The molecule has 5 nitrogen and oxygen atoms in total. The minimum Gasteiger partial charge on any atom is -0.481 e. The number of pyridine rings is 1. The molecule has 0 bridgehead atoms. The van der Waals surface area contributed by atoms with Crippen molar-refractivity contribution in [1.82, 2.24) is 4.98 Å². The van der Waals surface area contributed by atoms with Gasteiger partial charge in [-0.15, -0.1) is 0 Å². The first-order chi connectivity index (χ1) is 12.2. The number of ether oxygens (including phenoxy) is 2. The first-order valence-electron chi connectivity index (χ1n) is 7.91. The summed E-state index contributed by atoms with van der Waals surface area (Å²) in [5.74, 6) is 1.84. The zero-order valence-electron chi connectivity index (χ0n) is 13.8. The van der Waals surface area contributed by atoms with Gasteiger partial charge in [0.25, 0.3) is 5.91 Å². The fraction of sp³-hybridized carbons (Fsp3) is 0.100. The maximum atomic E-state index is 12.1. The second kappa shape index (κ2) is 7.97. The zero-order chi connectivity index (χ0) is 17.5. The van der Waals surface area contributed by atoms with Gasteiger partial charge in [-0.25, -0.2) is 0 Å². The van der Waals surface area contributed by atoms with Gasteiger partial charge in [-0.2, -0.15) is 0 Å². The van der Waals surface area contributed by atoms with Crippen molar-refractivity contribution in [3.63, 3.8) is 0 Å². The predicted octanol–water partition coefficient (Wildman–Crippen LogP) is 4.28. The number of carbonyl (C=O) groups is 1. The number of anilines is 1. The Labute approximate surface area is 146 Å². The van der Waals surface area contributed by atoms with Gasteiger partial charge >= 0.3 is 0 Å². The van der Waals surface area contributed by atoms with Gasteiger partial charge in [0.05, 0.1) is 0 Å².